The van der Waals surface area contributed by atoms with Crippen LogP contribution in [-0.4, -0.2) is 29.7 Å². The van der Waals surface area contributed by atoms with Crippen LogP contribution in [0.1, 0.15) is 31.9 Å². The SMILES string of the molecule is CC(C)NC(C)[C@@H](F)CN(Cc1ccccc1)Cc1ccccc1. The molecule has 1 unspecified atom stereocenters. The van der Waals surface area contributed by atoms with Crippen LogP contribution in [0.5, 0.6) is 0 Å². The third-order valence-electron chi connectivity index (χ3n) is 4.07. The number of halogens is 1. The summed E-state index contributed by atoms with van der Waals surface area (Å²) >= 11 is 0. The van der Waals surface area contributed by atoms with E-state index in [-0.39, 0.29) is 12.1 Å². The van der Waals surface area contributed by atoms with E-state index < -0.39 is 6.17 Å². The van der Waals surface area contributed by atoms with Crippen molar-refractivity contribution in [1.82, 2.24) is 10.2 Å². The van der Waals surface area contributed by atoms with Crippen molar-refractivity contribution in [2.45, 2.75) is 52.1 Å². The monoisotopic (exact) mass is 328 g/mol. The minimum absolute atomic E-state index is 0.154. The quantitative estimate of drug-likeness (QED) is 0.733. The summed E-state index contributed by atoms with van der Waals surface area (Å²) in [4.78, 5) is 2.19. The molecular weight excluding hydrogens is 299 g/mol. The topological polar surface area (TPSA) is 15.3 Å². The van der Waals surface area contributed by atoms with Gasteiger partial charge in [0.25, 0.3) is 0 Å². The van der Waals surface area contributed by atoms with Crippen LogP contribution in [-0.2, 0) is 13.1 Å². The van der Waals surface area contributed by atoms with Crippen molar-refractivity contribution in [3.8, 4) is 0 Å². The Kier molecular flexibility index (Phi) is 7.41. The van der Waals surface area contributed by atoms with E-state index in [9.17, 15) is 4.39 Å². The van der Waals surface area contributed by atoms with E-state index >= 15 is 0 Å². The summed E-state index contributed by atoms with van der Waals surface area (Å²) in [6.07, 6.45) is -0.903. The first kappa shape index (κ1) is 18.6. The molecule has 0 bridgehead atoms. The molecule has 2 nitrogen and oxygen atoms in total. The molecule has 2 rings (SSSR count). The maximum Gasteiger partial charge on any atom is 0.128 e. The highest BCUT2D eigenvalue weighted by Crippen LogP contribution is 2.13. The second-order valence-corrected chi connectivity index (χ2v) is 6.77. The van der Waals surface area contributed by atoms with E-state index in [1.807, 2.05) is 43.3 Å². The number of hydrogen-bond donors (Lipinski definition) is 1. The molecule has 0 aliphatic rings. The summed E-state index contributed by atoms with van der Waals surface area (Å²) in [7, 11) is 0. The Hall–Kier alpha value is -1.71. The standard InChI is InChI=1S/C21H29FN2/c1-17(2)23-18(3)21(22)16-24(14-19-10-6-4-7-11-19)15-20-12-8-5-9-13-20/h4-13,17-18,21,23H,14-16H2,1-3H3/t18?,21-/m0/s1. The zero-order valence-corrected chi connectivity index (χ0v) is 15.0. The van der Waals surface area contributed by atoms with E-state index in [4.69, 9.17) is 0 Å². The molecular formula is C21H29FN2. The molecule has 0 fully saturated rings. The largest absolute Gasteiger partial charge is 0.309 e. The Labute approximate surface area is 145 Å². The fraction of sp³-hybridized carbons (Fsp3) is 0.429. The van der Waals surface area contributed by atoms with Gasteiger partial charge in [0.1, 0.15) is 6.17 Å². The summed E-state index contributed by atoms with van der Waals surface area (Å²) in [5.41, 5.74) is 2.43. The predicted octanol–water partition coefficient (Wildman–Crippen LogP) is 4.41. The molecule has 0 heterocycles. The highest BCUT2D eigenvalue weighted by Gasteiger charge is 2.20. The lowest BCUT2D eigenvalue weighted by atomic mass is 10.1. The van der Waals surface area contributed by atoms with Gasteiger partial charge in [-0.15, -0.1) is 0 Å². The van der Waals surface area contributed by atoms with Gasteiger partial charge in [0.05, 0.1) is 0 Å². The van der Waals surface area contributed by atoms with E-state index in [0.29, 0.717) is 6.54 Å². The normalized spacial score (nSPS) is 14.1. The van der Waals surface area contributed by atoms with Crippen LogP contribution in [0, 0.1) is 0 Å². The second-order valence-electron chi connectivity index (χ2n) is 6.77. The first-order valence-electron chi connectivity index (χ1n) is 8.75. The van der Waals surface area contributed by atoms with Crippen LogP contribution >= 0.6 is 0 Å². The molecule has 0 radical (unpaired) electrons. The molecule has 0 saturated heterocycles. The zero-order valence-electron chi connectivity index (χ0n) is 15.0. The fourth-order valence-corrected chi connectivity index (χ4v) is 2.90. The lowest BCUT2D eigenvalue weighted by Gasteiger charge is -2.28. The molecule has 130 valence electrons. The van der Waals surface area contributed by atoms with Crippen molar-refractivity contribution in [2.24, 2.45) is 0 Å². The van der Waals surface area contributed by atoms with Gasteiger partial charge in [0.2, 0.25) is 0 Å². The van der Waals surface area contributed by atoms with Crippen molar-refractivity contribution in [2.75, 3.05) is 6.54 Å². The first-order chi connectivity index (χ1) is 11.5. The van der Waals surface area contributed by atoms with E-state index in [0.717, 1.165) is 13.1 Å². The number of alkyl halides is 1. The van der Waals surface area contributed by atoms with E-state index in [1.54, 1.807) is 0 Å². The predicted molar refractivity (Wildman–Crippen MR) is 99.6 cm³/mol. The highest BCUT2D eigenvalue weighted by atomic mass is 19.1. The molecule has 0 amide bonds. The second kappa shape index (κ2) is 9.55. The molecule has 1 N–H and O–H groups in total. The Balaban J connectivity index is 2.04. The van der Waals surface area contributed by atoms with Gasteiger partial charge in [-0.25, -0.2) is 4.39 Å². The van der Waals surface area contributed by atoms with Gasteiger partial charge in [-0.3, -0.25) is 4.90 Å². The molecule has 2 aromatic carbocycles. The lowest BCUT2D eigenvalue weighted by Crippen LogP contribution is -2.44. The van der Waals surface area contributed by atoms with Crippen LogP contribution in [0.3, 0.4) is 0 Å². The van der Waals surface area contributed by atoms with Crippen molar-refractivity contribution >= 4 is 0 Å². The minimum Gasteiger partial charge on any atom is -0.309 e. The zero-order chi connectivity index (χ0) is 17.4. The Bertz CT molecular complexity index is 529. The first-order valence-corrected chi connectivity index (χ1v) is 8.75. The maximum absolute atomic E-state index is 14.7. The van der Waals surface area contributed by atoms with Crippen LogP contribution in [0.4, 0.5) is 4.39 Å². The number of nitrogens with zero attached hydrogens (tertiary/aromatic N) is 1. The Morgan fingerprint density at radius 1 is 0.833 bits per heavy atom. The lowest BCUT2D eigenvalue weighted by molar-refractivity contribution is 0.148. The van der Waals surface area contributed by atoms with Gasteiger partial charge in [-0.2, -0.15) is 0 Å². The number of hydrogen-bond acceptors (Lipinski definition) is 2. The molecule has 0 aromatic heterocycles. The smallest absolute Gasteiger partial charge is 0.128 e. The van der Waals surface area contributed by atoms with Crippen molar-refractivity contribution in [3.05, 3.63) is 71.8 Å². The van der Waals surface area contributed by atoms with Gasteiger partial charge in [0.15, 0.2) is 0 Å². The van der Waals surface area contributed by atoms with Crippen LogP contribution in [0.2, 0.25) is 0 Å². The van der Waals surface area contributed by atoms with Crippen LogP contribution in [0.25, 0.3) is 0 Å². The van der Waals surface area contributed by atoms with Gasteiger partial charge in [0, 0.05) is 31.7 Å². The summed E-state index contributed by atoms with van der Waals surface area (Å²) in [5.74, 6) is 0. The number of benzene rings is 2. The van der Waals surface area contributed by atoms with Gasteiger partial charge in [-0.05, 0) is 18.1 Å². The van der Waals surface area contributed by atoms with E-state index in [1.165, 1.54) is 11.1 Å². The average molecular weight is 328 g/mol. The van der Waals surface area contributed by atoms with Crippen molar-refractivity contribution in [3.63, 3.8) is 0 Å². The minimum atomic E-state index is -0.903. The van der Waals surface area contributed by atoms with E-state index in [2.05, 4.69) is 48.3 Å². The summed E-state index contributed by atoms with van der Waals surface area (Å²) < 4.78 is 14.7. The fourth-order valence-electron chi connectivity index (χ4n) is 2.90. The molecule has 3 heteroatoms. The van der Waals surface area contributed by atoms with Gasteiger partial charge < -0.3 is 5.32 Å². The Morgan fingerprint density at radius 2 is 1.29 bits per heavy atom. The molecule has 0 saturated carbocycles. The molecule has 0 aliphatic heterocycles. The van der Waals surface area contributed by atoms with Crippen LogP contribution < -0.4 is 5.32 Å². The molecule has 0 spiro atoms. The van der Waals surface area contributed by atoms with Gasteiger partial charge >= 0.3 is 0 Å². The summed E-state index contributed by atoms with van der Waals surface area (Å²) in [5, 5.41) is 3.27. The van der Waals surface area contributed by atoms with Crippen LogP contribution in [0.15, 0.2) is 60.7 Å². The Morgan fingerprint density at radius 3 is 1.71 bits per heavy atom. The molecule has 0 aliphatic carbocycles. The molecule has 2 atom stereocenters. The highest BCUT2D eigenvalue weighted by molar-refractivity contribution is 5.17. The molecule has 2 aromatic rings. The summed E-state index contributed by atoms with van der Waals surface area (Å²) in [6.45, 7) is 7.96. The van der Waals surface area contributed by atoms with Crippen molar-refractivity contribution < 1.29 is 4.39 Å². The average Bonchev–Trinajstić information content (AvgIpc) is 2.56. The number of rotatable bonds is 9. The van der Waals surface area contributed by atoms with Gasteiger partial charge in [-0.1, -0.05) is 74.5 Å². The summed E-state index contributed by atoms with van der Waals surface area (Å²) in [6, 6.07) is 20.7. The maximum atomic E-state index is 14.7. The third-order valence-corrected chi connectivity index (χ3v) is 4.07. The van der Waals surface area contributed by atoms with Crippen molar-refractivity contribution in [1.29, 1.82) is 0 Å². The molecule has 24 heavy (non-hydrogen) atoms. The number of nitrogens with one attached hydrogen (secondary N) is 1. The third kappa shape index (κ3) is 6.42.